The number of benzene rings is 2. The van der Waals surface area contributed by atoms with Crippen LogP contribution in [0.15, 0.2) is 36.4 Å². The molecule has 1 atom stereocenters. The molecule has 2 aromatic rings. The second-order valence-electron chi connectivity index (χ2n) is 6.34. The number of carboxylic acid groups (broad SMARTS) is 1. The highest BCUT2D eigenvalue weighted by molar-refractivity contribution is 5.73. The number of hydrogen-bond donors (Lipinski definition) is 2. The molecule has 0 saturated carbocycles. The van der Waals surface area contributed by atoms with Crippen LogP contribution >= 0.6 is 0 Å². The highest BCUT2D eigenvalue weighted by Gasteiger charge is 2.23. The lowest BCUT2D eigenvalue weighted by Gasteiger charge is -2.28. The number of fused-ring (bicyclic) bond motifs is 2. The predicted octanol–water partition coefficient (Wildman–Crippen LogP) is 3.27. The predicted molar refractivity (Wildman–Crippen MR) is 94.7 cm³/mol. The molecule has 25 heavy (non-hydrogen) atoms. The summed E-state index contributed by atoms with van der Waals surface area (Å²) in [5, 5.41) is 11.5. The zero-order chi connectivity index (χ0) is 17.4. The largest absolute Gasteiger partial charge is 0.493 e. The van der Waals surface area contributed by atoms with Crippen LogP contribution in [0, 0.1) is 0 Å². The second kappa shape index (κ2) is 6.20. The fraction of sp³-hybridized carbons (Fsp3) is 0.316. The van der Waals surface area contributed by atoms with Crippen molar-refractivity contribution in [1.82, 2.24) is 5.32 Å². The fourth-order valence-electron chi connectivity index (χ4n) is 3.41. The molecule has 0 bridgehead atoms. The minimum absolute atomic E-state index is 0.226. The van der Waals surface area contributed by atoms with Gasteiger partial charge in [-0.25, -0.2) is 4.79 Å². The van der Waals surface area contributed by atoms with Gasteiger partial charge in [0.05, 0.1) is 24.9 Å². The highest BCUT2D eigenvalue weighted by Crippen LogP contribution is 2.38. The maximum absolute atomic E-state index is 11.0. The Morgan fingerprint density at radius 1 is 1.12 bits per heavy atom. The lowest BCUT2D eigenvalue weighted by molar-refractivity contribution is 0.182. The summed E-state index contributed by atoms with van der Waals surface area (Å²) < 4.78 is 11.5. The van der Waals surface area contributed by atoms with Gasteiger partial charge in [-0.2, -0.15) is 0 Å². The molecule has 1 unspecified atom stereocenters. The zero-order valence-electron chi connectivity index (χ0n) is 14.0. The minimum Gasteiger partial charge on any atom is -0.493 e. The summed E-state index contributed by atoms with van der Waals surface area (Å²) in [7, 11) is 2.06. The normalized spacial score (nSPS) is 18.4. The molecule has 2 N–H and O–H groups in total. The van der Waals surface area contributed by atoms with Crippen LogP contribution in [0.3, 0.4) is 0 Å². The summed E-state index contributed by atoms with van der Waals surface area (Å²) in [4.78, 5) is 13.1. The Labute approximate surface area is 146 Å². The van der Waals surface area contributed by atoms with Crippen LogP contribution in [0.4, 0.5) is 10.5 Å². The first-order valence-corrected chi connectivity index (χ1v) is 8.36. The van der Waals surface area contributed by atoms with E-state index >= 15 is 0 Å². The van der Waals surface area contributed by atoms with Gasteiger partial charge in [-0.3, -0.25) is 0 Å². The van der Waals surface area contributed by atoms with E-state index in [2.05, 4.69) is 29.4 Å². The molecule has 0 radical (unpaired) electrons. The lowest BCUT2D eigenvalue weighted by atomic mass is 9.96. The van der Waals surface area contributed by atoms with E-state index in [1.807, 2.05) is 24.3 Å². The highest BCUT2D eigenvalue weighted by atomic mass is 16.5. The summed E-state index contributed by atoms with van der Waals surface area (Å²) in [6.07, 6.45) is -0.379. The van der Waals surface area contributed by atoms with Crippen molar-refractivity contribution in [2.75, 3.05) is 31.7 Å². The van der Waals surface area contributed by atoms with Crippen LogP contribution < -0.4 is 19.7 Å². The fourth-order valence-corrected chi connectivity index (χ4v) is 3.41. The summed E-state index contributed by atoms with van der Waals surface area (Å²) in [6, 6.07) is 11.9. The van der Waals surface area contributed by atoms with Crippen LogP contribution in [0.5, 0.6) is 11.5 Å². The average Bonchev–Trinajstić information content (AvgIpc) is 2.61. The van der Waals surface area contributed by atoms with Gasteiger partial charge in [0.25, 0.3) is 0 Å². The van der Waals surface area contributed by atoms with Gasteiger partial charge >= 0.3 is 6.09 Å². The summed E-state index contributed by atoms with van der Waals surface area (Å²) in [6.45, 7) is 2.07. The number of nitrogens with one attached hydrogen (secondary N) is 1. The Kier molecular flexibility index (Phi) is 3.87. The van der Waals surface area contributed by atoms with Crippen molar-refractivity contribution in [3.05, 3.63) is 42.0 Å². The monoisotopic (exact) mass is 340 g/mol. The molecule has 2 aliphatic heterocycles. The molecule has 0 aromatic heterocycles. The van der Waals surface area contributed by atoms with Gasteiger partial charge in [0.1, 0.15) is 18.1 Å². The number of nitrogens with zero attached hydrogens (tertiary/aromatic N) is 1. The Morgan fingerprint density at radius 2 is 1.84 bits per heavy atom. The van der Waals surface area contributed by atoms with E-state index in [0.717, 1.165) is 40.4 Å². The molecule has 0 aliphatic carbocycles. The molecular weight excluding hydrogens is 320 g/mol. The maximum Gasteiger partial charge on any atom is 0.405 e. The van der Waals surface area contributed by atoms with E-state index in [0.29, 0.717) is 19.6 Å². The molecule has 6 nitrogen and oxygen atoms in total. The van der Waals surface area contributed by atoms with E-state index in [4.69, 9.17) is 14.6 Å². The van der Waals surface area contributed by atoms with Crippen LogP contribution in [0.1, 0.15) is 18.0 Å². The van der Waals surface area contributed by atoms with Crippen LogP contribution in [0.25, 0.3) is 11.1 Å². The Morgan fingerprint density at radius 3 is 2.64 bits per heavy atom. The molecule has 6 heteroatoms. The Hall–Kier alpha value is -2.89. The molecule has 2 heterocycles. The van der Waals surface area contributed by atoms with Crippen molar-refractivity contribution in [2.45, 2.75) is 12.5 Å². The van der Waals surface area contributed by atoms with E-state index in [-0.39, 0.29) is 6.04 Å². The molecule has 0 fully saturated rings. The number of hydrogen-bond acceptors (Lipinski definition) is 4. The molecule has 4 rings (SSSR count). The first kappa shape index (κ1) is 15.6. The number of carbonyl (C=O) groups is 1. The summed E-state index contributed by atoms with van der Waals surface area (Å²) >= 11 is 0. The third kappa shape index (κ3) is 2.95. The van der Waals surface area contributed by atoms with Gasteiger partial charge in [-0.05, 0) is 29.3 Å². The molecule has 0 spiro atoms. The number of likely N-dealkylation sites (N-methyl/N-ethyl adjacent to an activating group) is 1. The number of rotatable bonds is 2. The standard InChI is InChI=1S/C19H20N2O4/c1-21-7-9-25-18-11-13(3-5-16(18)21)12-2-4-14-15(20-19(22)23)6-8-24-17(14)10-12/h2-5,10-11,15,20H,6-9H2,1H3,(H,22,23). The van der Waals surface area contributed by atoms with Gasteiger partial charge in [-0.15, -0.1) is 0 Å². The zero-order valence-corrected chi connectivity index (χ0v) is 14.0. The lowest BCUT2D eigenvalue weighted by Crippen LogP contribution is -2.30. The Balaban J connectivity index is 1.67. The maximum atomic E-state index is 11.0. The van der Waals surface area contributed by atoms with Gasteiger partial charge in [0.2, 0.25) is 0 Å². The van der Waals surface area contributed by atoms with Crippen LogP contribution in [0.2, 0.25) is 0 Å². The van der Waals surface area contributed by atoms with Gasteiger partial charge < -0.3 is 24.8 Å². The number of amides is 1. The van der Waals surface area contributed by atoms with E-state index in [1.165, 1.54) is 0 Å². The summed E-state index contributed by atoms with van der Waals surface area (Å²) in [5.41, 5.74) is 4.05. The van der Waals surface area contributed by atoms with Gasteiger partial charge in [-0.1, -0.05) is 18.2 Å². The van der Waals surface area contributed by atoms with Crippen LogP contribution in [-0.4, -0.2) is 38.0 Å². The first-order valence-electron chi connectivity index (χ1n) is 8.36. The number of anilines is 1. The topological polar surface area (TPSA) is 71.0 Å². The number of ether oxygens (including phenoxy) is 2. The SMILES string of the molecule is CN1CCOc2cc(-c3ccc4c(c3)OCCC4NC(=O)O)ccc21. The summed E-state index contributed by atoms with van der Waals surface area (Å²) in [5.74, 6) is 1.62. The average molecular weight is 340 g/mol. The van der Waals surface area contributed by atoms with Crippen molar-refractivity contribution < 1.29 is 19.4 Å². The third-order valence-corrected chi connectivity index (χ3v) is 4.74. The third-order valence-electron chi connectivity index (χ3n) is 4.74. The minimum atomic E-state index is -1.02. The van der Waals surface area contributed by atoms with Crippen molar-refractivity contribution in [1.29, 1.82) is 0 Å². The van der Waals surface area contributed by atoms with Crippen molar-refractivity contribution in [3.63, 3.8) is 0 Å². The molecule has 1 amide bonds. The van der Waals surface area contributed by atoms with E-state index < -0.39 is 6.09 Å². The van der Waals surface area contributed by atoms with Crippen LogP contribution in [-0.2, 0) is 0 Å². The van der Waals surface area contributed by atoms with Crippen molar-refractivity contribution in [3.8, 4) is 22.6 Å². The molecule has 130 valence electrons. The van der Waals surface area contributed by atoms with Crippen molar-refractivity contribution >= 4 is 11.8 Å². The molecular formula is C19H20N2O4. The molecule has 2 aromatic carbocycles. The van der Waals surface area contributed by atoms with E-state index in [9.17, 15) is 4.79 Å². The van der Waals surface area contributed by atoms with Gasteiger partial charge in [0.15, 0.2) is 0 Å². The first-order chi connectivity index (χ1) is 12.1. The quantitative estimate of drug-likeness (QED) is 0.878. The molecule has 0 saturated heterocycles. The van der Waals surface area contributed by atoms with Crippen molar-refractivity contribution in [2.24, 2.45) is 0 Å². The van der Waals surface area contributed by atoms with Gasteiger partial charge in [0, 0.05) is 19.0 Å². The second-order valence-corrected chi connectivity index (χ2v) is 6.34. The smallest absolute Gasteiger partial charge is 0.405 e. The molecule has 2 aliphatic rings. The Bertz CT molecular complexity index is 821. The van der Waals surface area contributed by atoms with E-state index in [1.54, 1.807) is 0 Å².